The van der Waals surface area contributed by atoms with Crippen molar-refractivity contribution in [2.75, 3.05) is 12.4 Å². The Morgan fingerprint density at radius 2 is 1.51 bits per heavy atom. The first-order valence-corrected chi connectivity index (χ1v) is 11.2. The van der Waals surface area contributed by atoms with Crippen LogP contribution in [0.1, 0.15) is 50.5 Å². The first-order chi connectivity index (χ1) is 16.4. The lowest BCUT2D eigenvalue weighted by Crippen LogP contribution is -2.41. The first kappa shape index (κ1) is 27.3. The Morgan fingerprint density at radius 1 is 0.914 bits per heavy atom. The Hall–Kier alpha value is -3.94. The van der Waals surface area contributed by atoms with E-state index in [1.165, 1.54) is 19.9 Å². The summed E-state index contributed by atoms with van der Waals surface area (Å²) in [7, 11) is 1.57. The Bertz CT molecular complexity index is 1080. The molecule has 186 valence electrons. The molecule has 0 spiro atoms. The van der Waals surface area contributed by atoms with E-state index in [9.17, 15) is 19.2 Å². The molecule has 2 unspecified atom stereocenters. The molecule has 0 aromatic heterocycles. The summed E-state index contributed by atoms with van der Waals surface area (Å²) in [6.45, 7) is 8.35. The molecule has 2 aromatic rings. The summed E-state index contributed by atoms with van der Waals surface area (Å²) in [4.78, 5) is 49.2. The van der Waals surface area contributed by atoms with Gasteiger partial charge in [0.15, 0.2) is 6.10 Å². The summed E-state index contributed by atoms with van der Waals surface area (Å²) in [5.74, 6) is -1.04. The number of ether oxygens (including phenoxy) is 2. The van der Waals surface area contributed by atoms with E-state index >= 15 is 0 Å². The van der Waals surface area contributed by atoms with Crippen molar-refractivity contribution in [2.45, 2.75) is 46.8 Å². The Morgan fingerprint density at radius 3 is 2.06 bits per heavy atom. The fourth-order valence-electron chi connectivity index (χ4n) is 2.81. The number of anilines is 1. The highest BCUT2D eigenvalue weighted by Crippen LogP contribution is 2.18. The van der Waals surface area contributed by atoms with Crippen molar-refractivity contribution < 1.29 is 28.7 Å². The van der Waals surface area contributed by atoms with Crippen LogP contribution in [0.5, 0.6) is 5.75 Å². The number of ketones is 1. The van der Waals surface area contributed by atoms with Gasteiger partial charge in [-0.25, -0.2) is 4.79 Å². The number of benzene rings is 2. The van der Waals surface area contributed by atoms with Gasteiger partial charge in [0.05, 0.1) is 7.11 Å². The average Bonchev–Trinajstić information content (AvgIpc) is 2.82. The summed E-state index contributed by atoms with van der Waals surface area (Å²) in [6, 6.07) is 12.5. The zero-order valence-electron chi connectivity index (χ0n) is 20.9. The van der Waals surface area contributed by atoms with Crippen molar-refractivity contribution in [2.24, 2.45) is 5.41 Å². The summed E-state index contributed by atoms with van der Waals surface area (Å²) >= 11 is 0. The highest BCUT2D eigenvalue weighted by Gasteiger charge is 2.24. The average molecular weight is 481 g/mol. The summed E-state index contributed by atoms with van der Waals surface area (Å²) < 4.78 is 10.3. The van der Waals surface area contributed by atoms with E-state index in [-0.39, 0.29) is 5.91 Å². The number of esters is 1. The fourth-order valence-corrected chi connectivity index (χ4v) is 2.81. The molecule has 8 nitrogen and oxygen atoms in total. The number of carbonyl (C=O) groups excluding carboxylic acids is 4. The van der Waals surface area contributed by atoms with Gasteiger partial charge < -0.3 is 20.1 Å². The van der Waals surface area contributed by atoms with Crippen molar-refractivity contribution >= 4 is 35.3 Å². The largest absolute Gasteiger partial charge is 0.497 e. The molecule has 2 amide bonds. The molecule has 0 aliphatic heterocycles. The van der Waals surface area contributed by atoms with E-state index in [4.69, 9.17) is 9.47 Å². The number of carbonyl (C=O) groups is 4. The quantitative estimate of drug-likeness (QED) is 0.319. The second-order valence-corrected chi connectivity index (χ2v) is 9.06. The van der Waals surface area contributed by atoms with E-state index in [0.29, 0.717) is 17.0 Å². The molecule has 2 aromatic carbocycles. The number of hydrogen-bond donors (Lipinski definition) is 2. The lowest BCUT2D eigenvalue weighted by molar-refractivity contribution is -0.149. The van der Waals surface area contributed by atoms with E-state index in [1.807, 2.05) is 0 Å². The van der Waals surface area contributed by atoms with Crippen molar-refractivity contribution in [3.05, 3.63) is 65.7 Å². The molecule has 0 aliphatic carbocycles. The van der Waals surface area contributed by atoms with Crippen LogP contribution < -0.4 is 15.4 Å². The molecule has 0 saturated carbocycles. The smallest absolute Gasteiger partial charge is 0.329 e. The molecule has 0 saturated heterocycles. The van der Waals surface area contributed by atoms with E-state index < -0.39 is 35.2 Å². The lowest BCUT2D eigenvalue weighted by atomic mass is 9.95. The van der Waals surface area contributed by atoms with Crippen molar-refractivity contribution in [3.8, 4) is 5.75 Å². The molecule has 0 aliphatic rings. The fraction of sp³-hybridized carbons (Fsp3) is 0.333. The summed E-state index contributed by atoms with van der Waals surface area (Å²) in [6.07, 6.45) is 1.86. The van der Waals surface area contributed by atoms with Crippen LogP contribution >= 0.6 is 0 Å². The van der Waals surface area contributed by atoms with E-state index in [0.717, 1.165) is 5.56 Å². The lowest BCUT2D eigenvalue weighted by Gasteiger charge is -2.18. The molecule has 35 heavy (non-hydrogen) atoms. The van der Waals surface area contributed by atoms with Crippen LogP contribution in [0, 0.1) is 5.41 Å². The molecule has 0 bridgehead atoms. The second-order valence-electron chi connectivity index (χ2n) is 9.06. The topological polar surface area (TPSA) is 111 Å². The maximum atomic E-state index is 12.7. The number of Topliss-reactive ketones (excluding diaryl/α,β-unsaturated/α-hetero) is 1. The van der Waals surface area contributed by atoms with Gasteiger partial charge in [0, 0.05) is 22.7 Å². The number of methoxy groups -OCH3 is 1. The highest BCUT2D eigenvalue weighted by atomic mass is 16.5. The summed E-state index contributed by atoms with van der Waals surface area (Å²) in [5.41, 5.74) is 1.14. The third-order valence-electron chi connectivity index (χ3n) is 5.03. The van der Waals surface area contributed by atoms with Crippen LogP contribution in [0.15, 0.2) is 54.6 Å². The molecular weight excluding hydrogens is 448 g/mol. The minimum atomic E-state index is -1.05. The minimum absolute atomic E-state index is 0.145. The molecule has 2 rings (SSSR count). The van der Waals surface area contributed by atoms with Crippen molar-refractivity contribution in [1.82, 2.24) is 5.32 Å². The van der Waals surface area contributed by atoms with Gasteiger partial charge in [0.25, 0.3) is 0 Å². The SMILES string of the molecule is COc1ccc(/C=C/C(=O)NC(C)C(=O)OC(C)C(=O)c2ccc(NC(=O)C(C)(C)C)cc2)cc1. The van der Waals surface area contributed by atoms with Crippen LogP contribution in [-0.2, 0) is 19.1 Å². The van der Waals surface area contributed by atoms with Crippen molar-refractivity contribution in [1.29, 1.82) is 0 Å². The van der Waals surface area contributed by atoms with Gasteiger partial charge in [-0.1, -0.05) is 32.9 Å². The molecule has 2 atom stereocenters. The van der Waals surface area contributed by atoms with Gasteiger partial charge >= 0.3 is 5.97 Å². The van der Waals surface area contributed by atoms with E-state index in [1.54, 1.807) is 82.5 Å². The van der Waals surface area contributed by atoms with Crippen LogP contribution in [0.3, 0.4) is 0 Å². The van der Waals surface area contributed by atoms with Crippen molar-refractivity contribution in [3.63, 3.8) is 0 Å². The Kier molecular flexibility index (Phi) is 9.34. The van der Waals surface area contributed by atoms with Gasteiger partial charge in [0.1, 0.15) is 11.8 Å². The monoisotopic (exact) mass is 480 g/mol. The van der Waals surface area contributed by atoms with Gasteiger partial charge in [-0.05, 0) is 61.9 Å². The molecular formula is C27H32N2O6. The third-order valence-corrected chi connectivity index (χ3v) is 5.03. The minimum Gasteiger partial charge on any atom is -0.497 e. The van der Waals surface area contributed by atoms with Crippen LogP contribution in [0.4, 0.5) is 5.69 Å². The van der Waals surface area contributed by atoms with Gasteiger partial charge in [0.2, 0.25) is 17.6 Å². The molecule has 0 fully saturated rings. The number of rotatable bonds is 9. The first-order valence-electron chi connectivity index (χ1n) is 11.2. The zero-order valence-corrected chi connectivity index (χ0v) is 20.9. The second kappa shape index (κ2) is 12.0. The predicted molar refractivity (Wildman–Crippen MR) is 134 cm³/mol. The summed E-state index contributed by atoms with van der Waals surface area (Å²) in [5, 5.41) is 5.30. The molecule has 8 heteroatoms. The third kappa shape index (κ3) is 8.41. The normalized spacial score (nSPS) is 13.0. The number of amides is 2. The van der Waals surface area contributed by atoms with Crippen LogP contribution in [-0.4, -0.2) is 42.8 Å². The van der Waals surface area contributed by atoms with Crippen LogP contribution in [0.25, 0.3) is 6.08 Å². The molecule has 0 radical (unpaired) electrons. The van der Waals surface area contributed by atoms with E-state index in [2.05, 4.69) is 10.6 Å². The maximum absolute atomic E-state index is 12.7. The van der Waals surface area contributed by atoms with Crippen LogP contribution in [0.2, 0.25) is 0 Å². The van der Waals surface area contributed by atoms with Gasteiger partial charge in [-0.2, -0.15) is 0 Å². The molecule has 0 heterocycles. The standard InChI is InChI=1S/C27H32N2O6/c1-17(28-23(30)16-9-19-7-14-22(34-6)15-8-19)25(32)35-18(2)24(31)20-10-12-21(13-11-20)29-26(33)27(3,4)5/h7-18H,1-6H3,(H,28,30)(H,29,33)/b16-9+. The molecule has 2 N–H and O–H groups in total. The zero-order chi connectivity index (χ0) is 26.2. The highest BCUT2D eigenvalue weighted by molar-refractivity contribution is 6.01. The number of hydrogen-bond acceptors (Lipinski definition) is 6. The Labute approximate surface area is 205 Å². The maximum Gasteiger partial charge on any atom is 0.329 e. The Balaban J connectivity index is 1.88. The van der Waals surface area contributed by atoms with Gasteiger partial charge in [-0.15, -0.1) is 0 Å². The van der Waals surface area contributed by atoms with Gasteiger partial charge in [-0.3, -0.25) is 14.4 Å². The number of nitrogens with one attached hydrogen (secondary N) is 2. The predicted octanol–water partition coefficient (Wildman–Crippen LogP) is 4.01.